The summed E-state index contributed by atoms with van der Waals surface area (Å²) in [7, 11) is 5.25. The Morgan fingerprint density at radius 1 is 1.06 bits per heavy atom. The topological polar surface area (TPSA) is 120 Å². The Balaban J connectivity index is 1.16. The van der Waals surface area contributed by atoms with Gasteiger partial charge in [0.05, 0.1) is 29.0 Å². The summed E-state index contributed by atoms with van der Waals surface area (Å²) >= 11 is 10.5. The number of hydrogen-bond acceptors (Lipinski definition) is 9. The van der Waals surface area contributed by atoms with Crippen molar-refractivity contribution >= 4 is 62.9 Å². The molecular formula is C37H39ClN6O4S2. The van der Waals surface area contributed by atoms with Crippen LogP contribution < -0.4 is 0 Å². The minimum atomic E-state index is -0.410. The monoisotopic (exact) mass is 730 g/mol. The molecule has 6 aromatic rings. The van der Waals surface area contributed by atoms with E-state index in [1.807, 2.05) is 47.6 Å². The number of esters is 1. The van der Waals surface area contributed by atoms with Crippen LogP contribution in [0.1, 0.15) is 58.1 Å². The number of aryl methyl sites for hydroxylation is 4. The van der Waals surface area contributed by atoms with Gasteiger partial charge in [0, 0.05) is 88.9 Å². The molecule has 5 heterocycles. The van der Waals surface area contributed by atoms with E-state index >= 15 is 0 Å². The zero-order chi connectivity index (χ0) is 34.9. The molecule has 4 aromatic heterocycles. The molecular weight excluding hydrogens is 692 g/mol. The number of carbonyl (C=O) groups excluding carboxylic acids is 1. The van der Waals surface area contributed by atoms with E-state index in [2.05, 4.69) is 21.8 Å². The third-order valence-electron chi connectivity index (χ3n) is 9.35. The maximum Gasteiger partial charge on any atom is 0.354 e. The SMILES string of the molecule is COC(=O)c1c(CCCO)c2ccc(Cl)c(-c3c(CSCc4cc(CSc5cc(O)c6ncccc6c5)n(C)n4)nn4c3CCCC4)c2n1C. The Hall–Kier alpha value is -3.97. The summed E-state index contributed by atoms with van der Waals surface area (Å²) in [6.07, 6.45) is 5.81. The third-order valence-corrected chi connectivity index (χ3v) is 11.6. The van der Waals surface area contributed by atoms with Crippen molar-refractivity contribution < 1.29 is 19.7 Å². The summed E-state index contributed by atoms with van der Waals surface area (Å²) in [4.78, 5) is 18.3. The highest BCUT2D eigenvalue weighted by atomic mass is 35.5. The number of nitrogens with zero attached hydrogens (tertiary/aromatic N) is 6. The fourth-order valence-electron chi connectivity index (χ4n) is 7.05. The standard InChI is InChI=1S/C37H39ClN6O4S2/c1-42-35-27(26(9-7-15-45)36(42)37(47)48-3)11-12-28(38)32(35)33-29(41-44-14-5-4-10-30(33)44)21-49-19-23-17-24(43(2)40-23)20-50-25-16-22-8-6-13-39-34(22)31(46)18-25/h6,8,11-13,16-18,45-46H,4-5,7,9-10,14-15,19-21H2,1-3H3. The molecule has 0 unspecified atom stereocenters. The van der Waals surface area contributed by atoms with Gasteiger partial charge in [0.15, 0.2) is 0 Å². The quantitative estimate of drug-likeness (QED) is 0.0977. The third kappa shape index (κ3) is 6.50. The molecule has 0 atom stereocenters. The molecule has 1 aliphatic rings. The first-order valence-corrected chi connectivity index (χ1v) is 19.2. The Morgan fingerprint density at radius 2 is 1.92 bits per heavy atom. The molecule has 260 valence electrons. The van der Waals surface area contributed by atoms with Gasteiger partial charge in [-0.05, 0) is 68.0 Å². The largest absolute Gasteiger partial charge is 0.506 e. The maximum absolute atomic E-state index is 13.1. The van der Waals surface area contributed by atoms with E-state index in [1.165, 1.54) is 12.8 Å². The van der Waals surface area contributed by atoms with Gasteiger partial charge in [0.25, 0.3) is 0 Å². The lowest BCUT2D eigenvalue weighted by atomic mass is 9.95. The van der Waals surface area contributed by atoms with Crippen LogP contribution in [0.2, 0.25) is 5.02 Å². The van der Waals surface area contributed by atoms with Gasteiger partial charge >= 0.3 is 5.97 Å². The van der Waals surface area contributed by atoms with Crippen molar-refractivity contribution in [1.82, 2.24) is 29.1 Å². The predicted octanol–water partition coefficient (Wildman–Crippen LogP) is 7.46. The molecule has 7 rings (SSSR count). The number of methoxy groups -OCH3 is 1. The number of benzene rings is 2. The van der Waals surface area contributed by atoms with Crippen LogP contribution in [-0.4, -0.2) is 59.0 Å². The number of aromatic hydroxyl groups is 1. The number of halogens is 1. The molecule has 50 heavy (non-hydrogen) atoms. The van der Waals surface area contributed by atoms with E-state index in [1.54, 1.807) is 35.8 Å². The fourth-order valence-corrected chi connectivity index (χ4v) is 9.14. The zero-order valence-corrected chi connectivity index (χ0v) is 30.7. The molecule has 0 fully saturated rings. The number of hydrogen-bond donors (Lipinski definition) is 2. The number of aromatic nitrogens is 6. The Morgan fingerprint density at radius 3 is 2.74 bits per heavy atom. The maximum atomic E-state index is 13.1. The summed E-state index contributed by atoms with van der Waals surface area (Å²) in [5, 5.41) is 32.5. The van der Waals surface area contributed by atoms with Gasteiger partial charge in [-0.25, -0.2) is 4.79 Å². The van der Waals surface area contributed by atoms with E-state index in [0.717, 1.165) is 80.8 Å². The van der Waals surface area contributed by atoms with E-state index < -0.39 is 5.97 Å². The minimum absolute atomic E-state index is 0.0270. The van der Waals surface area contributed by atoms with Crippen molar-refractivity contribution in [3.8, 4) is 16.9 Å². The van der Waals surface area contributed by atoms with Gasteiger partial charge in [0.2, 0.25) is 0 Å². The zero-order valence-electron chi connectivity index (χ0n) is 28.3. The fraction of sp³-hybridized carbons (Fsp3) is 0.351. The number of ether oxygens (including phenoxy) is 1. The van der Waals surface area contributed by atoms with Gasteiger partial charge < -0.3 is 19.5 Å². The van der Waals surface area contributed by atoms with Crippen molar-refractivity contribution in [2.24, 2.45) is 14.1 Å². The molecule has 0 amide bonds. The highest BCUT2D eigenvalue weighted by Gasteiger charge is 2.29. The number of rotatable bonds is 12. The molecule has 10 nitrogen and oxygen atoms in total. The number of carbonyl (C=O) groups is 1. The van der Waals surface area contributed by atoms with Crippen LogP contribution in [0.4, 0.5) is 0 Å². The summed E-state index contributed by atoms with van der Waals surface area (Å²) in [6, 6.07) is 13.7. The van der Waals surface area contributed by atoms with Gasteiger partial charge in [-0.2, -0.15) is 10.2 Å². The molecule has 13 heteroatoms. The van der Waals surface area contributed by atoms with E-state index in [-0.39, 0.29) is 12.4 Å². The van der Waals surface area contributed by atoms with E-state index in [0.29, 0.717) is 46.3 Å². The lowest BCUT2D eigenvalue weighted by Gasteiger charge is -2.16. The van der Waals surface area contributed by atoms with Crippen LogP contribution in [0.5, 0.6) is 5.75 Å². The molecule has 0 bridgehead atoms. The van der Waals surface area contributed by atoms with E-state index in [9.17, 15) is 15.0 Å². The second-order valence-corrected chi connectivity index (χ2v) is 15.0. The van der Waals surface area contributed by atoms with Crippen LogP contribution in [0.3, 0.4) is 0 Å². The van der Waals surface area contributed by atoms with Gasteiger partial charge in [-0.3, -0.25) is 14.3 Å². The Labute approximate surface area is 303 Å². The Kier molecular flexibility index (Phi) is 10.1. The van der Waals surface area contributed by atoms with Gasteiger partial charge in [-0.15, -0.1) is 23.5 Å². The van der Waals surface area contributed by atoms with Crippen molar-refractivity contribution in [2.75, 3.05) is 13.7 Å². The van der Waals surface area contributed by atoms with Crippen molar-refractivity contribution in [2.45, 2.75) is 60.8 Å². The van der Waals surface area contributed by atoms with Crippen molar-refractivity contribution in [1.29, 1.82) is 0 Å². The molecule has 0 aliphatic carbocycles. The Bertz CT molecular complexity index is 2230. The second-order valence-electron chi connectivity index (χ2n) is 12.5. The number of aliphatic hydroxyl groups is 1. The highest BCUT2D eigenvalue weighted by molar-refractivity contribution is 7.98. The lowest BCUT2D eigenvalue weighted by molar-refractivity contribution is 0.0589. The number of aliphatic hydroxyl groups excluding tert-OH is 1. The van der Waals surface area contributed by atoms with Crippen molar-refractivity contribution in [3.05, 3.63) is 87.7 Å². The molecule has 1 aliphatic heterocycles. The van der Waals surface area contributed by atoms with Crippen LogP contribution in [-0.2, 0) is 55.5 Å². The van der Waals surface area contributed by atoms with E-state index in [4.69, 9.17) is 26.5 Å². The van der Waals surface area contributed by atoms with Crippen LogP contribution in [0.15, 0.2) is 53.6 Å². The van der Waals surface area contributed by atoms with Crippen molar-refractivity contribution in [3.63, 3.8) is 0 Å². The smallest absolute Gasteiger partial charge is 0.354 e. The first-order chi connectivity index (χ1) is 24.3. The summed E-state index contributed by atoms with van der Waals surface area (Å²) < 4.78 is 11.2. The summed E-state index contributed by atoms with van der Waals surface area (Å²) in [5.74, 6) is 1.86. The number of fused-ring (bicyclic) bond motifs is 3. The van der Waals surface area contributed by atoms with Gasteiger partial charge in [-0.1, -0.05) is 23.7 Å². The first-order valence-electron chi connectivity index (χ1n) is 16.7. The predicted molar refractivity (Wildman–Crippen MR) is 200 cm³/mol. The summed E-state index contributed by atoms with van der Waals surface area (Å²) in [6.45, 7) is 0.884. The van der Waals surface area contributed by atoms with Crippen LogP contribution >= 0.6 is 35.1 Å². The average Bonchev–Trinajstić information content (AvgIpc) is 3.76. The molecule has 0 radical (unpaired) electrons. The first kappa shape index (κ1) is 34.5. The normalized spacial score (nSPS) is 13.0. The molecule has 2 N–H and O–H groups in total. The van der Waals surface area contributed by atoms with Crippen LogP contribution in [0.25, 0.3) is 32.9 Å². The summed E-state index contributed by atoms with van der Waals surface area (Å²) in [5.41, 5.74) is 8.98. The van der Waals surface area contributed by atoms with Gasteiger partial charge in [0.1, 0.15) is 17.0 Å². The average molecular weight is 731 g/mol. The van der Waals surface area contributed by atoms with Crippen LogP contribution in [0, 0.1) is 0 Å². The minimum Gasteiger partial charge on any atom is -0.506 e. The lowest BCUT2D eigenvalue weighted by Crippen LogP contribution is -2.12. The number of phenols is 1. The number of thioether (sulfide) groups is 2. The molecule has 0 spiro atoms. The second kappa shape index (κ2) is 14.7. The molecule has 0 saturated carbocycles. The highest BCUT2D eigenvalue weighted by Crippen LogP contribution is 2.44. The number of pyridine rings is 1. The number of phenolic OH excluding ortho intramolecular Hbond substituents is 1. The molecule has 0 saturated heterocycles. The molecule has 2 aromatic carbocycles.